The quantitative estimate of drug-likeness (QED) is 0.713. The maximum Gasteiger partial charge on any atom is 0.118 e. The van der Waals surface area contributed by atoms with Gasteiger partial charge in [-0.05, 0) is 48.4 Å². The highest BCUT2D eigenvalue weighted by Crippen LogP contribution is 2.35. The van der Waals surface area contributed by atoms with Gasteiger partial charge in [0.15, 0.2) is 0 Å². The molecule has 0 aliphatic carbocycles. The summed E-state index contributed by atoms with van der Waals surface area (Å²) in [6.45, 7) is 2.11. The van der Waals surface area contributed by atoms with E-state index in [2.05, 4.69) is 84.1 Å². The van der Waals surface area contributed by atoms with E-state index in [1.807, 2.05) is 18.2 Å². The monoisotopic (exact) mass is 342 g/mol. The van der Waals surface area contributed by atoms with Crippen LogP contribution in [-0.2, 0) is 0 Å². The van der Waals surface area contributed by atoms with Crippen molar-refractivity contribution >= 4 is 11.4 Å². The van der Waals surface area contributed by atoms with Crippen molar-refractivity contribution in [3.63, 3.8) is 0 Å². The summed E-state index contributed by atoms with van der Waals surface area (Å²) in [6.07, 6.45) is 2.28. The van der Waals surface area contributed by atoms with Crippen LogP contribution in [0.5, 0.6) is 5.75 Å². The van der Waals surface area contributed by atoms with E-state index in [1.165, 1.54) is 16.7 Å². The number of ether oxygens (including phenoxy) is 1. The minimum absolute atomic E-state index is 0.111. The van der Waals surface area contributed by atoms with Crippen LogP contribution >= 0.6 is 0 Å². The van der Waals surface area contributed by atoms with Gasteiger partial charge in [-0.15, -0.1) is 0 Å². The van der Waals surface area contributed by atoms with Gasteiger partial charge >= 0.3 is 0 Å². The van der Waals surface area contributed by atoms with E-state index in [4.69, 9.17) is 4.74 Å². The fraction of sp³-hybridized carbons (Fsp3) is 0.130. The zero-order chi connectivity index (χ0) is 17.9. The van der Waals surface area contributed by atoms with Gasteiger partial charge in [-0.2, -0.15) is 0 Å². The average Bonchev–Trinajstić information content (AvgIpc) is 3.15. The number of rotatable bonds is 4. The lowest BCUT2D eigenvalue weighted by molar-refractivity contribution is 0.414. The molecule has 0 aromatic heterocycles. The number of hydrogen-bond donors (Lipinski definition) is 1. The van der Waals surface area contributed by atoms with Crippen molar-refractivity contribution in [3.8, 4) is 5.75 Å². The third-order valence-electron chi connectivity index (χ3n) is 4.70. The SMILES string of the molecule is COc1ccc(C2C=C(c3ccc(C)cc3)NN2c2ccccc2)cc1. The summed E-state index contributed by atoms with van der Waals surface area (Å²) >= 11 is 0. The van der Waals surface area contributed by atoms with E-state index >= 15 is 0 Å². The number of benzene rings is 3. The number of nitrogens with zero attached hydrogens (tertiary/aromatic N) is 1. The number of para-hydroxylation sites is 1. The Morgan fingerprint density at radius 3 is 2.19 bits per heavy atom. The van der Waals surface area contributed by atoms with Gasteiger partial charge in [0, 0.05) is 0 Å². The third kappa shape index (κ3) is 3.16. The molecule has 26 heavy (non-hydrogen) atoms. The van der Waals surface area contributed by atoms with Crippen LogP contribution in [0.4, 0.5) is 5.69 Å². The molecule has 1 heterocycles. The van der Waals surface area contributed by atoms with E-state index < -0.39 is 0 Å². The molecular weight excluding hydrogens is 320 g/mol. The zero-order valence-corrected chi connectivity index (χ0v) is 15.0. The van der Waals surface area contributed by atoms with Gasteiger partial charge in [0.05, 0.1) is 24.5 Å². The standard InChI is InChI=1S/C23H22N2O/c1-17-8-10-18(11-9-17)22-16-23(19-12-14-21(26-2)15-13-19)25(24-22)20-6-4-3-5-7-20/h3-16,23-24H,1-2H3. The molecule has 4 rings (SSSR count). The highest BCUT2D eigenvalue weighted by atomic mass is 16.5. The van der Waals surface area contributed by atoms with Crippen molar-refractivity contribution in [2.24, 2.45) is 0 Å². The molecule has 1 unspecified atom stereocenters. The summed E-state index contributed by atoms with van der Waals surface area (Å²) in [6, 6.07) is 27.4. The largest absolute Gasteiger partial charge is 0.497 e. The predicted octanol–water partition coefficient (Wildman–Crippen LogP) is 5.11. The second-order valence-electron chi connectivity index (χ2n) is 6.48. The Bertz CT molecular complexity index is 899. The first kappa shape index (κ1) is 16.3. The van der Waals surface area contributed by atoms with Crippen molar-refractivity contribution in [2.75, 3.05) is 12.1 Å². The molecule has 1 N–H and O–H groups in total. The summed E-state index contributed by atoms with van der Waals surface area (Å²) < 4.78 is 5.30. The lowest BCUT2D eigenvalue weighted by Crippen LogP contribution is -2.33. The van der Waals surface area contributed by atoms with Crippen LogP contribution in [0.25, 0.3) is 5.70 Å². The van der Waals surface area contributed by atoms with Crippen molar-refractivity contribution < 1.29 is 4.74 Å². The maximum atomic E-state index is 5.30. The van der Waals surface area contributed by atoms with Crippen molar-refractivity contribution in [3.05, 3.63) is 102 Å². The van der Waals surface area contributed by atoms with Gasteiger partial charge in [-0.3, -0.25) is 10.4 Å². The summed E-state index contributed by atoms with van der Waals surface area (Å²) in [4.78, 5) is 0. The van der Waals surface area contributed by atoms with Crippen LogP contribution < -0.4 is 15.2 Å². The molecule has 1 atom stereocenters. The Balaban J connectivity index is 1.72. The molecule has 1 aliphatic rings. The maximum absolute atomic E-state index is 5.30. The predicted molar refractivity (Wildman–Crippen MR) is 107 cm³/mol. The Morgan fingerprint density at radius 2 is 1.54 bits per heavy atom. The smallest absolute Gasteiger partial charge is 0.118 e. The Kier molecular flexibility index (Phi) is 4.36. The number of methoxy groups -OCH3 is 1. The molecule has 0 fully saturated rings. The molecule has 3 aromatic rings. The summed E-state index contributed by atoms with van der Waals surface area (Å²) in [5.41, 5.74) is 9.50. The normalized spacial score (nSPS) is 16.2. The number of nitrogens with one attached hydrogen (secondary N) is 1. The lowest BCUT2D eigenvalue weighted by atomic mass is 10.0. The minimum atomic E-state index is 0.111. The van der Waals surface area contributed by atoms with E-state index in [0.29, 0.717) is 0 Å². The van der Waals surface area contributed by atoms with Gasteiger partial charge in [-0.1, -0.05) is 60.2 Å². The van der Waals surface area contributed by atoms with Crippen molar-refractivity contribution in [2.45, 2.75) is 13.0 Å². The number of hydrazine groups is 1. The van der Waals surface area contributed by atoms with Gasteiger partial charge < -0.3 is 4.74 Å². The molecule has 1 aliphatic heterocycles. The molecule has 3 heteroatoms. The molecule has 0 amide bonds. The van der Waals surface area contributed by atoms with E-state index in [-0.39, 0.29) is 6.04 Å². The van der Waals surface area contributed by atoms with Gasteiger partial charge in [0.2, 0.25) is 0 Å². The van der Waals surface area contributed by atoms with Crippen molar-refractivity contribution in [1.82, 2.24) is 5.43 Å². The van der Waals surface area contributed by atoms with Crippen molar-refractivity contribution in [1.29, 1.82) is 0 Å². The molecule has 0 spiro atoms. The number of aryl methyl sites for hydroxylation is 1. The minimum Gasteiger partial charge on any atom is -0.497 e. The average molecular weight is 342 g/mol. The summed E-state index contributed by atoms with van der Waals surface area (Å²) in [7, 11) is 1.69. The molecular formula is C23H22N2O. The fourth-order valence-corrected chi connectivity index (χ4v) is 3.22. The van der Waals surface area contributed by atoms with Gasteiger partial charge in [-0.25, -0.2) is 0 Å². The number of anilines is 1. The summed E-state index contributed by atoms with van der Waals surface area (Å²) in [5, 5.41) is 2.21. The Morgan fingerprint density at radius 1 is 0.846 bits per heavy atom. The first-order chi connectivity index (χ1) is 12.7. The van der Waals surface area contributed by atoms with E-state index in [9.17, 15) is 0 Å². The molecule has 3 aromatic carbocycles. The Hall–Kier alpha value is -3.20. The molecule has 0 saturated heterocycles. The van der Waals surface area contributed by atoms with Crippen LogP contribution in [-0.4, -0.2) is 7.11 Å². The van der Waals surface area contributed by atoms with Crippen LogP contribution in [0.2, 0.25) is 0 Å². The molecule has 3 nitrogen and oxygen atoms in total. The number of hydrogen-bond acceptors (Lipinski definition) is 3. The second kappa shape index (κ2) is 6.96. The van der Waals surface area contributed by atoms with Gasteiger partial charge in [0.1, 0.15) is 5.75 Å². The van der Waals surface area contributed by atoms with Gasteiger partial charge in [0.25, 0.3) is 0 Å². The first-order valence-electron chi connectivity index (χ1n) is 8.78. The first-order valence-corrected chi connectivity index (χ1v) is 8.78. The lowest BCUT2D eigenvalue weighted by Gasteiger charge is -2.27. The van der Waals surface area contributed by atoms with Crippen LogP contribution in [0.1, 0.15) is 22.7 Å². The van der Waals surface area contributed by atoms with E-state index in [0.717, 1.165) is 17.1 Å². The van der Waals surface area contributed by atoms with Crippen LogP contribution in [0.3, 0.4) is 0 Å². The molecule has 0 saturated carbocycles. The zero-order valence-electron chi connectivity index (χ0n) is 15.0. The molecule has 0 radical (unpaired) electrons. The fourth-order valence-electron chi connectivity index (χ4n) is 3.22. The Labute approximate surface area is 154 Å². The molecule has 130 valence electrons. The van der Waals surface area contributed by atoms with Crippen LogP contribution in [0, 0.1) is 6.92 Å². The summed E-state index contributed by atoms with van der Waals surface area (Å²) in [5.74, 6) is 0.869. The second-order valence-corrected chi connectivity index (χ2v) is 6.48. The highest BCUT2D eigenvalue weighted by Gasteiger charge is 2.27. The molecule has 0 bridgehead atoms. The van der Waals surface area contributed by atoms with Crippen LogP contribution in [0.15, 0.2) is 84.9 Å². The third-order valence-corrected chi connectivity index (χ3v) is 4.70. The topological polar surface area (TPSA) is 24.5 Å². The highest BCUT2D eigenvalue weighted by molar-refractivity contribution is 5.72. The van der Waals surface area contributed by atoms with E-state index in [1.54, 1.807) is 7.11 Å².